The topological polar surface area (TPSA) is 12.9 Å². The second kappa shape index (κ2) is 3.87. The normalized spacial score (nSPS) is 11.4. The quantitative estimate of drug-likeness (QED) is 0.700. The van der Waals surface area contributed by atoms with E-state index in [1.165, 1.54) is 4.70 Å². The summed E-state index contributed by atoms with van der Waals surface area (Å²) < 4.78 is 1.24. The second-order valence-electron chi connectivity index (χ2n) is 3.83. The summed E-state index contributed by atoms with van der Waals surface area (Å²) in [5.41, 5.74) is 1.10. The average Bonchev–Trinajstić information content (AvgIpc) is 2.50. The molecular weight excluding hydrogens is 214 g/mol. The maximum Gasteiger partial charge on any atom is 0.137 e. The molecule has 0 atom stereocenters. The first-order valence-electron chi connectivity index (χ1n) is 4.69. The molecular formula is C11H12ClNS. The number of hydrogen-bond donors (Lipinski definition) is 0. The number of halogens is 1. The Bertz CT molecular complexity index is 447. The molecule has 0 bridgehead atoms. The van der Waals surface area contributed by atoms with Gasteiger partial charge in [0, 0.05) is 15.8 Å². The van der Waals surface area contributed by atoms with Gasteiger partial charge in [-0.3, -0.25) is 0 Å². The van der Waals surface area contributed by atoms with Gasteiger partial charge < -0.3 is 0 Å². The summed E-state index contributed by atoms with van der Waals surface area (Å²) in [7, 11) is 0. The smallest absolute Gasteiger partial charge is 0.137 e. The predicted molar refractivity (Wildman–Crippen MR) is 63.2 cm³/mol. The summed E-state index contributed by atoms with van der Waals surface area (Å²) in [6.45, 7) is 4.38. The van der Waals surface area contributed by atoms with E-state index in [4.69, 9.17) is 11.6 Å². The minimum absolute atomic E-state index is 0.621. The van der Waals surface area contributed by atoms with Gasteiger partial charge in [0.1, 0.15) is 5.15 Å². The Kier molecular flexibility index (Phi) is 2.75. The third kappa shape index (κ3) is 1.91. The van der Waals surface area contributed by atoms with Crippen molar-refractivity contribution in [1.82, 2.24) is 4.98 Å². The Balaban J connectivity index is 2.47. The fraction of sp³-hybridized carbons (Fsp3) is 0.364. The second-order valence-corrected chi connectivity index (χ2v) is 5.14. The van der Waals surface area contributed by atoms with Crippen molar-refractivity contribution in [3.8, 4) is 0 Å². The van der Waals surface area contributed by atoms with Crippen LogP contribution in [0.3, 0.4) is 0 Å². The molecule has 0 N–H and O–H groups in total. The first-order valence-corrected chi connectivity index (χ1v) is 5.95. The van der Waals surface area contributed by atoms with Gasteiger partial charge in [-0.05, 0) is 29.9 Å². The number of nitrogens with zero attached hydrogens (tertiary/aromatic N) is 1. The van der Waals surface area contributed by atoms with E-state index in [-0.39, 0.29) is 0 Å². The van der Waals surface area contributed by atoms with Crippen LogP contribution in [0.25, 0.3) is 10.1 Å². The van der Waals surface area contributed by atoms with Crippen LogP contribution in [-0.4, -0.2) is 4.98 Å². The van der Waals surface area contributed by atoms with E-state index in [1.807, 2.05) is 6.07 Å². The zero-order valence-electron chi connectivity index (χ0n) is 8.25. The summed E-state index contributed by atoms with van der Waals surface area (Å²) in [5.74, 6) is 0.621. The van der Waals surface area contributed by atoms with Gasteiger partial charge in [-0.1, -0.05) is 25.4 Å². The highest BCUT2D eigenvalue weighted by Gasteiger charge is 2.06. The van der Waals surface area contributed by atoms with E-state index >= 15 is 0 Å². The summed E-state index contributed by atoms with van der Waals surface area (Å²) in [6, 6.07) is 4.17. The lowest BCUT2D eigenvalue weighted by atomic mass is 10.1. The SMILES string of the molecule is CC(C)Cc1cc2sccc2c(Cl)n1. The third-order valence-electron chi connectivity index (χ3n) is 2.07. The van der Waals surface area contributed by atoms with Crippen LogP contribution >= 0.6 is 22.9 Å². The van der Waals surface area contributed by atoms with Crippen LogP contribution in [0.4, 0.5) is 0 Å². The Morgan fingerprint density at radius 1 is 1.50 bits per heavy atom. The van der Waals surface area contributed by atoms with Crippen molar-refractivity contribution >= 4 is 33.0 Å². The van der Waals surface area contributed by atoms with Crippen molar-refractivity contribution in [3.05, 3.63) is 28.4 Å². The zero-order valence-corrected chi connectivity index (χ0v) is 9.82. The lowest BCUT2D eigenvalue weighted by Gasteiger charge is -2.04. The first kappa shape index (κ1) is 9.94. The van der Waals surface area contributed by atoms with Gasteiger partial charge in [0.05, 0.1) is 0 Å². The maximum absolute atomic E-state index is 6.08. The summed E-state index contributed by atoms with van der Waals surface area (Å²) in [4.78, 5) is 4.39. The van der Waals surface area contributed by atoms with Gasteiger partial charge in [0.2, 0.25) is 0 Å². The zero-order chi connectivity index (χ0) is 10.1. The highest BCUT2D eigenvalue weighted by atomic mass is 35.5. The molecule has 0 fully saturated rings. The van der Waals surface area contributed by atoms with Crippen molar-refractivity contribution in [2.24, 2.45) is 5.92 Å². The van der Waals surface area contributed by atoms with Gasteiger partial charge in [-0.2, -0.15) is 0 Å². The van der Waals surface area contributed by atoms with Crippen molar-refractivity contribution in [2.45, 2.75) is 20.3 Å². The molecule has 0 radical (unpaired) electrons. The van der Waals surface area contributed by atoms with E-state index in [2.05, 4.69) is 30.3 Å². The molecule has 0 aliphatic heterocycles. The molecule has 2 aromatic rings. The van der Waals surface area contributed by atoms with Gasteiger partial charge in [-0.25, -0.2) is 4.98 Å². The number of aromatic nitrogens is 1. The van der Waals surface area contributed by atoms with Crippen LogP contribution < -0.4 is 0 Å². The van der Waals surface area contributed by atoms with Crippen molar-refractivity contribution in [1.29, 1.82) is 0 Å². The molecule has 2 heterocycles. The molecule has 14 heavy (non-hydrogen) atoms. The molecule has 0 saturated heterocycles. The predicted octanol–water partition coefficient (Wildman–Crippen LogP) is 4.15. The molecule has 2 rings (SSSR count). The monoisotopic (exact) mass is 225 g/mol. The van der Waals surface area contributed by atoms with Crippen LogP contribution in [0.15, 0.2) is 17.5 Å². The van der Waals surface area contributed by atoms with Crippen LogP contribution in [0.2, 0.25) is 5.15 Å². The Morgan fingerprint density at radius 3 is 3.00 bits per heavy atom. The van der Waals surface area contributed by atoms with Crippen LogP contribution in [-0.2, 0) is 6.42 Å². The molecule has 0 saturated carbocycles. The summed E-state index contributed by atoms with van der Waals surface area (Å²) >= 11 is 7.80. The minimum atomic E-state index is 0.621. The Hall–Kier alpha value is -0.600. The largest absolute Gasteiger partial charge is 0.240 e. The molecule has 0 spiro atoms. The molecule has 2 aromatic heterocycles. The fourth-order valence-corrected chi connectivity index (χ4v) is 2.67. The van der Waals surface area contributed by atoms with E-state index in [0.29, 0.717) is 11.1 Å². The fourth-order valence-electron chi connectivity index (χ4n) is 1.50. The standard InChI is InChI=1S/C11H12ClNS/c1-7(2)5-8-6-10-9(3-4-14-10)11(12)13-8/h3-4,6-7H,5H2,1-2H3. The van der Waals surface area contributed by atoms with E-state index < -0.39 is 0 Å². The lowest BCUT2D eigenvalue weighted by Crippen LogP contribution is -1.96. The van der Waals surface area contributed by atoms with E-state index in [0.717, 1.165) is 17.5 Å². The third-order valence-corrected chi connectivity index (χ3v) is 3.23. The number of hydrogen-bond acceptors (Lipinski definition) is 2. The number of pyridine rings is 1. The molecule has 0 amide bonds. The average molecular weight is 226 g/mol. The maximum atomic E-state index is 6.08. The van der Waals surface area contributed by atoms with Crippen molar-refractivity contribution < 1.29 is 0 Å². The molecule has 1 nitrogen and oxygen atoms in total. The van der Waals surface area contributed by atoms with Crippen LogP contribution in [0.5, 0.6) is 0 Å². The lowest BCUT2D eigenvalue weighted by molar-refractivity contribution is 0.636. The van der Waals surface area contributed by atoms with Crippen LogP contribution in [0.1, 0.15) is 19.5 Å². The van der Waals surface area contributed by atoms with E-state index in [9.17, 15) is 0 Å². The Labute approximate surface area is 92.7 Å². The molecule has 3 heteroatoms. The number of thiophene rings is 1. The molecule has 0 aromatic carbocycles. The first-order chi connectivity index (χ1) is 6.66. The van der Waals surface area contributed by atoms with E-state index in [1.54, 1.807) is 11.3 Å². The van der Waals surface area contributed by atoms with Crippen molar-refractivity contribution in [2.75, 3.05) is 0 Å². The molecule has 74 valence electrons. The van der Waals surface area contributed by atoms with Gasteiger partial charge in [-0.15, -0.1) is 11.3 Å². The summed E-state index contributed by atoms with van der Waals surface area (Å²) in [5, 5.41) is 3.76. The summed E-state index contributed by atoms with van der Waals surface area (Å²) in [6.07, 6.45) is 0.994. The van der Waals surface area contributed by atoms with Gasteiger partial charge in [0.25, 0.3) is 0 Å². The molecule has 0 aliphatic rings. The highest BCUT2D eigenvalue weighted by molar-refractivity contribution is 7.17. The van der Waals surface area contributed by atoms with Crippen LogP contribution in [0, 0.1) is 5.92 Å². The van der Waals surface area contributed by atoms with Gasteiger partial charge in [0.15, 0.2) is 0 Å². The van der Waals surface area contributed by atoms with Crippen molar-refractivity contribution in [3.63, 3.8) is 0 Å². The number of fused-ring (bicyclic) bond motifs is 1. The number of rotatable bonds is 2. The van der Waals surface area contributed by atoms with Gasteiger partial charge >= 0.3 is 0 Å². The molecule has 0 aliphatic carbocycles. The highest BCUT2D eigenvalue weighted by Crippen LogP contribution is 2.27. The molecule has 0 unspecified atom stereocenters. The Morgan fingerprint density at radius 2 is 2.29 bits per heavy atom. The minimum Gasteiger partial charge on any atom is -0.240 e.